The maximum absolute atomic E-state index is 12.5. The lowest BCUT2D eigenvalue weighted by atomic mass is 9.77. The Labute approximate surface area is 159 Å². The highest BCUT2D eigenvalue weighted by Crippen LogP contribution is 2.51. The van der Waals surface area contributed by atoms with E-state index in [-0.39, 0.29) is 12.0 Å². The second kappa shape index (κ2) is 6.41. The van der Waals surface area contributed by atoms with E-state index in [4.69, 9.17) is 11.6 Å². The van der Waals surface area contributed by atoms with Crippen LogP contribution in [0.1, 0.15) is 29.5 Å². The summed E-state index contributed by atoms with van der Waals surface area (Å²) in [4.78, 5) is 0.332. The van der Waals surface area contributed by atoms with E-state index in [9.17, 15) is 8.42 Å². The number of anilines is 1. The highest BCUT2D eigenvalue weighted by molar-refractivity contribution is 7.89. The van der Waals surface area contributed by atoms with Crippen LogP contribution >= 0.6 is 11.6 Å². The van der Waals surface area contributed by atoms with Gasteiger partial charge in [-0.05, 0) is 47.7 Å². The topological polar surface area (TPSA) is 49.4 Å². The summed E-state index contributed by atoms with van der Waals surface area (Å²) in [5, 5.41) is 4.36. The van der Waals surface area contributed by atoms with Crippen molar-refractivity contribution in [3.63, 3.8) is 0 Å². The number of rotatable bonds is 3. The predicted octanol–water partition coefficient (Wildman–Crippen LogP) is 4.42. The fourth-order valence-corrected chi connectivity index (χ4v) is 5.17. The van der Waals surface area contributed by atoms with E-state index < -0.39 is 10.0 Å². The maximum atomic E-state index is 12.5. The molecule has 4 nitrogen and oxygen atoms in total. The van der Waals surface area contributed by atoms with Gasteiger partial charge in [0, 0.05) is 30.7 Å². The molecule has 4 rings (SSSR count). The first-order valence-electron chi connectivity index (χ1n) is 8.63. The number of halogens is 1. The normalized spacial score (nSPS) is 24.2. The van der Waals surface area contributed by atoms with Crippen LogP contribution in [0.15, 0.2) is 59.5 Å². The molecule has 1 aliphatic carbocycles. The zero-order valence-corrected chi connectivity index (χ0v) is 16.3. The lowest BCUT2D eigenvalue weighted by molar-refractivity contribution is 0.425. The average Bonchev–Trinajstić information content (AvgIpc) is 3.11. The zero-order chi connectivity index (χ0) is 18.5. The Hall–Kier alpha value is -1.82. The lowest BCUT2D eigenvalue weighted by Crippen LogP contribution is -2.30. The molecular weight excluding hydrogens is 368 g/mol. The van der Waals surface area contributed by atoms with Crippen molar-refractivity contribution in [2.45, 2.75) is 23.3 Å². The number of hydrogen-bond acceptors (Lipinski definition) is 3. The van der Waals surface area contributed by atoms with Gasteiger partial charge in [0.1, 0.15) is 0 Å². The van der Waals surface area contributed by atoms with Crippen LogP contribution in [0, 0.1) is 5.92 Å². The van der Waals surface area contributed by atoms with E-state index in [0.717, 1.165) is 28.3 Å². The van der Waals surface area contributed by atoms with E-state index in [1.807, 2.05) is 30.3 Å². The summed E-state index contributed by atoms with van der Waals surface area (Å²) >= 11 is 6.45. The Morgan fingerprint density at radius 3 is 2.62 bits per heavy atom. The minimum absolute atomic E-state index is 0.104. The maximum Gasteiger partial charge on any atom is 0.242 e. The molecule has 1 heterocycles. The van der Waals surface area contributed by atoms with Gasteiger partial charge in [-0.2, -0.15) is 0 Å². The van der Waals surface area contributed by atoms with Crippen LogP contribution in [-0.4, -0.2) is 26.8 Å². The van der Waals surface area contributed by atoms with Crippen LogP contribution in [0.2, 0.25) is 5.02 Å². The molecule has 3 unspecified atom stereocenters. The molecule has 0 amide bonds. The van der Waals surface area contributed by atoms with Crippen LogP contribution in [0.5, 0.6) is 0 Å². The molecule has 0 saturated heterocycles. The summed E-state index contributed by atoms with van der Waals surface area (Å²) in [5.41, 5.74) is 3.10. The van der Waals surface area contributed by atoms with Crippen molar-refractivity contribution in [2.24, 2.45) is 5.92 Å². The molecule has 2 aromatic carbocycles. The highest BCUT2D eigenvalue weighted by Gasteiger charge is 2.39. The van der Waals surface area contributed by atoms with E-state index in [0.29, 0.717) is 10.8 Å². The lowest BCUT2D eigenvalue weighted by Gasteiger charge is -2.38. The summed E-state index contributed by atoms with van der Waals surface area (Å²) < 4.78 is 26.3. The molecule has 0 spiro atoms. The van der Waals surface area contributed by atoms with E-state index in [2.05, 4.69) is 23.5 Å². The molecule has 2 aliphatic rings. The summed E-state index contributed by atoms with van der Waals surface area (Å²) in [7, 11) is -0.343. The smallest absolute Gasteiger partial charge is 0.242 e. The standard InChI is InChI=1S/C20H21ClN2O2S/c1-23(2)26(24,25)13-10-11-19-17(12-13)14-7-5-8-15(14)20(22-19)16-6-3-4-9-18(16)21/h3-7,9-12,14-15,20,22H,8H2,1-2H3. The number of benzene rings is 2. The molecule has 0 fully saturated rings. The van der Waals surface area contributed by atoms with Gasteiger partial charge in [0.15, 0.2) is 0 Å². The largest absolute Gasteiger partial charge is 0.378 e. The Morgan fingerprint density at radius 1 is 1.12 bits per heavy atom. The van der Waals surface area contributed by atoms with Crippen molar-refractivity contribution >= 4 is 27.3 Å². The second-order valence-electron chi connectivity index (χ2n) is 7.03. The van der Waals surface area contributed by atoms with Gasteiger partial charge in [-0.25, -0.2) is 12.7 Å². The van der Waals surface area contributed by atoms with Gasteiger partial charge in [-0.1, -0.05) is 42.0 Å². The van der Waals surface area contributed by atoms with Gasteiger partial charge < -0.3 is 5.32 Å². The Kier molecular flexibility index (Phi) is 4.34. The summed E-state index contributed by atoms with van der Waals surface area (Å²) in [6.45, 7) is 0. The van der Waals surface area contributed by atoms with Gasteiger partial charge >= 0.3 is 0 Å². The van der Waals surface area contributed by atoms with Crippen LogP contribution < -0.4 is 5.32 Å². The Balaban J connectivity index is 1.80. The number of fused-ring (bicyclic) bond motifs is 3. The third-order valence-electron chi connectivity index (χ3n) is 5.35. The Bertz CT molecular complexity index is 985. The first kappa shape index (κ1) is 17.6. The quantitative estimate of drug-likeness (QED) is 0.792. The SMILES string of the molecule is CN(C)S(=O)(=O)c1ccc2c(c1)C1C=CCC1C(c1ccccc1Cl)N2. The predicted molar refractivity (Wildman–Crippen MR) is 105 cm³/mol. The molecule has 1 aliphatic heterocycles. The molecule has 0 bridgehead atoms. The number of hydrogen-bond donors (Lipinski definition) is 1. The molecule has 6 heteroatoms. The molecule has 1 N–H and O–H groups in total. The van der Waals surface area contributed by atoms with Crippen molar-refractivity contribution in [3.05, 3.63) is 70.8 Å². The van der Waals surface area contributed by atoms with Crippen molar-refractivity contribution in [2.75, 3.05) is 19.4 Å². The van der Waals surface area contributed by atoms with Gasteiger partial charge in [0.2, 0.25) is 10.0 Å². The zero-order valence-electron chi connectivity index (χ0n) is 14.7. The Morgan fingerprint density at radius 2 is 1.88 bits per heavy atom. The molecule has 3 atom stereocenters. The number of allylic oxidation sites excluding steroid dienone is 2. The minimum Gasteiger partial charge on any atom is -0.378 e. The van der Waals surface area contributed by atoms with E-state index >= 15 is 0 Å². The van der Waals surface area contributed by atoms with Crippen molar-refractivity contribution in [1.29, 1.82) is 0 Å². The molecule has 2 aromatic rings. The summed E-state index contributed by atoms with van der Waals surface area (Å²) in [5.74, 6) is 0.504. The van der Waals surface area contributed by atoms with Crippen molar-refractivity contribution < 1.29 is 8.42 Å². The van der Waals surface area contributed by atoms with E-state index in [1.54, 1.807) is 20.2 Å². The second-order valence-corrected chi connectivity index (χ2v) is 9.59. The summed E-state index contributed by atoms with van der Waals surface area (Å²) in [6.07, 6.45) is 5.32. The fourth-order valence-electron chi connectivity index (χ4n) is 3.98. The first-order valence-corrected chi connectivity index (χ1v) is 10.5. The first-order chi connectivity index (χ1) is 12.4. The fraction of sp³-hybridized carbons (Fsp3) is 0.300. The van der Waals surface area contributed by atoms with Crippen molar-refractivity contribution in [1.82, 2.24) is 4.31 Å². The molecule has 0 saturated carbocycles. The number of nitrogens with zero attached hydrogens (tertiary/aromatic N) is 1. The average molecular weight is 389 g/mol. The molecular formula is C20H21ClN2O2S. The molecule has 136 valence electrons. The highest BCUT2D eigenvalue weighted by atomic mass is 35.5. The molecule has 0 aromatic heterocycles. The third-order valence-corrected chi connectivity index (χ3v) is 7.51. The van der Waals surface area contributed by atoms with Crippen molar-refractivity contribution in [3.8, 4) is 0 Å². The van der Waals surface area contributed by atoms with Gasteiger partial charge in [0.25, 0.3) is 0 Å². The number of sulfonamides is 1. The van der Waals surface area contributed by atoms with Gasteiger partial charge in [-0.3, -0.25) is 0 Å². The van der Waals surface area contributed by atoms with Crippen LogP contribution in [0.4, 0.5) is 5.69 Å². The number of nitrogens with one attached hydrogen (secondary N) is 1. The summed E-state index contributed by atoms with van der Waals surface area (Å²) in [6, 6.07) is 13.4. The van der Waals surface area contributed by atoms with Gasteiger partial charge in [0.05, 0.1) is 10.9 Å². The van der Waals surface area contributed by atoms with Gasteiger partial charge in [-0.15, -0.1) is 0 Å². The van der Waals surface area contributed by atoms with Crippen LogP contribution in [0.3, 0.4) is 0 Å². The minimum atomic E-state index is -3.45. The third kappa shape index (κ3) is 2.75. The molecule has 26 heavy (non-hydrogen) atoms. The van der Waals surface area contributed by atoms with Crippen LogP contribution in [0.25, 0.3) is 0 Å². The molecule has 0 radical (unpaired) electrons. The van der Waals surface area contributed by atoms with Crippen LogP contribution in [-0.2, 0) is 10.0 Å². The van der Waals surface area contributed by atoms with E-state index in [1.165, 1.54) is 4.31 Å². The monoisotopic (exact) mass is 388 g/mol.